The molecule has 2 aromatic rings. The predicted octanol–water partition coefficient (Wildman–Crippen LogP) is 3.01. The topological polar surface area (TPSA) is 79.1 Å². The van der Waals surface area contributed by atoms with Crippen molar-refractivity contribution in [1.29, 1.82) is 0 Å². The number of hydrogen-bond acceptors (Lipinski definition) is 5. The normalized spacial score (nSPS) is 19.4. The number of carbonyl (C=O) groups excluding carboxylic acids is 2. The summed E-state index contributed by atoms with van der Waals surface area (Å²) in [6.07, 6.45) is 3.60. The molecule has 2 aliphatic heterocycles. The molecular formula is C25H32N4O3. The molecule has 4 rings (SSSR count). The molecule has 0 spiro atoms. The van der Waals surface area contributed by atoms with Gasteiger partial charge in [-0.3, -0.25) is 9.59 Å². The van der Waals surface area contributed by atoms with Gasteiger partial charge in [-0.2, -0.15) is 0 Å². The van der Waals surface area contributed by atoms with Crippen LogP contribution in [0.1, 0.15) is 36.5 Å². The van der Waals surface area contributed by atoms with Gasteiger partial charge in [0.1, 0.15) is 12.3 Å². The van der Waals surface area contributed by atoms with Crippen LogP contribution < -0.4 is 15.4 Å². The number of anilines is 2. The first-order valence-corrected chi connectivity index (χ1v) is 11.4. The molecule has 170 valence electrons. The number of rotatable bonds is 7. The molecule has 2 aromatic carbocycles. The molecule has 0 bridgehead atoms. The summed E-state index contributed by atoms with van der Waals surface area (Å²) < 4.78 is 5.88. The minimum absolute atomic E-state index is 0.0659. The highest BCUT2D eigenvalue weighted by Crippen LogP contribution is 2.23. The zero-order chi connectivity index (χ0) is 22.5. The minimum Gasteiger partial charge on any atom is -0.494 e. The minimum atomic E-state index is -0.148. The lowest BCUT2D eigenvalue weighted by atomic mass is 10.1. The third-order valence-electron chi connectivity index (χ3n) is 6.36. The Morgan fingerprint density at radius 3 is 2.47 bits per heavy atom. The summed E-state index contributed by atoms with van der Waals surface area (Å²) >= 11 is 0. The standard InChI is InChI=1S/C25H32N4O3/c1-19-4-2-13-27(19)14-3-17-32-23-11-9-22(10-12-23)29-16-15-28(18-24(29)30)25(31)20-5-7-21(26)8-6-20/h5-12,19H,2-4,13-18,26H2,1H3/t19-/m1/s1. The van der Waals surface area contributed by atoms with Crippen LogP contribution in [0.5, 0.6) is 5.75 Å². The van der Waals surface area contributed by atoms with E-state index in [1.807, 2.05) is 24.3 Å². The van der Waals surface area contributed by atoms with Gasteiger partial charge in [0, 0.05) is 42.6 Å². The van der Waals surface area contributed by atoms with Gasteiger partial charge in [0.25, 0.3) is 5.91 Å². The van der Waals surface area contributed by atoms with Gasteiger partial charge in [0.2, 0.25) is 5.91 Å². The average molecular weight is 437 g/mol. The molecule has 2 amide bonds. The fourth-order valence-electron chi connectivity index (χ4n) is 4.43. The second kappa shape index (κ2) is 10.0. The summed E-state index contributed by atoms with van der Waals surface area (Å²) in [4.78, 5) is 31.2. The molecule has 2 saturated heterocycles. The maximum Gasteiger partial charge on any atom is 0.254 e. The van der Waals surface area contributed by atoms with Crippen molar-refractivity contribution in [3.8, 4) is 5.75 Å². The molecule has 0 unspecified atom stereocenters. The number of piperazine rings is 1. The summed E-state index contributed by atoms with van der Waals surface area (Å²) in [6.45, 7) is 6.27. The van der Waals surface area contributed by atoms with Crippen molar-refractivity contribution in [3.63, 3.8) is 0 Å². The van der Waals surface area contributed by atoms with Gasteiger partial charge in [-0.25, -0.2) is 0 Å². The molecular weight excluding hydrogens is 404 g/mol. The largest absolute Gasteiger partial charge is 0.494 e. The van der Waals surface area contributed by atoms with Crippen LogP contribution in [0, 0.1) is 0 Å². The maximum absolute atomic E-state index is 12.7. The number of nitrogen functional groups attached to an aromatic ring is 1. The van der Waals surface area contributed by atoms with Crippen LogP contribution in [-0.2, 0) is 4.79 Å². The number of ether oxygens (including phenoxy) is 1. The molecule has 7 nitrogen and oxygen atoms in total. The van der Waals surface area contributed by atoms with E-state index in [2.05, 4.69) is 11.8 Å². The van der Waals surface area contributed by atoms with Gasteiger partial charge in [0.05, 0.1) is 6.61 Å². The van der Waals surface area contributed by atoms with Gasteiger partial charge >= 0.3 is 0 Å². The van der Waals surface area contributed by atoms with Gasteiger partial charge in [-0.05, 0) is 81.3 Å². The Bertz CT molecular complexity index is 929. The Balaban J connectivity index is 1.25. The van der Waals surface area contributed by atoms with E-state index in [1.54, 1.807) is 34.1 Å². The molecule has 0 saturated carbocycles. The highest BCUT2D eigenvalue weighted by Gasteiger charge is 2.28. The molecule has 7 heteroatoms. The van der Waals surface area contributed by atoms with Crippen molar-refractivity contribution in [2.45, 2.75) is 32.2 Å². The first-order valence-electron chi connectivity index (χ1n) is 11.4. The van der Waals surface area contributed by atoms with E-state index in [1.165, 1.54) is 19.4 Å². The number of hydrogen-bond donors (Lipinski definition) is 1. The SMILES string of the molecule is C[C@@H]1CCCN1CCCOc1ccc(N2CCN(C(=O)c3ccc(N)cc3)CC2=O)cc1. The third kappa shape index (κ3) is 5.22. The molecule has 0 radical (unpaired) electrons. The monoisotopic (exact) mass is 436 g/mol. The number of nitrogens with zero attached hydrogens (tertiary/aromatic N) is 3. The lowest BCUT2D eigenvalue weighted by Crippen LogP contribution is -2.52. The fraction of sp³-hybridized carbons (Fsp3) is 0.440. The van der Waals surface area contributed by atoms with Crippen molar-refractivity contribution >= 4 is 23.2 Å². The van der Waals surface area contributed by atoms with Crippen LogP contribution in [0.2, 0.25) is 0 Å². The van der Waals surface area contributed by atoms with Crippen molar-refractivity contribution in [1.82, 2.24) is 9.80 Å². The van der Waals surface area contributed by atoms with E-state index >= 15 is 0 Å². The van der Waals surface area contributed by atoms with Crippen LogP contribution in [0.3, 0.4) is 0 Å². The first-order chi connectivity index (χ1) is 15.5. The number of amides is 2. The Morgan fingerprint density at radius 1 is 1.06 bits per heavy atom. The molecule has 2 N–H and O–H groups in total. The Kier molecular flexibility index (Phi) is 6.95. The number of likely N-dealkylation sites (tertiary alicyclic amines) is 1. The second-order valence-corrected chi connectivity index (χ2v) is 8.62. The Hall–Kier alpha value is -3.06. The summed E-state index contributed by atoms with van der Waals surface area (Å²) in [5, 5.41) is 0. The lowest BCUT2D eigenvalue weighted by molar-refractivity contribution is -0.120. The zero-order valence-electron chi connectivity index (χ0n) is 18.7. The fourth-order valence-corrected chi connectivity index (χ4v) is 4.43. The van der Waals surface area contributed by atoms with Crippen molar-refractivity contribution in [2.75, 3.05) is 50.0 Å². The third-order valence-corrected chi connectivity index (χ3v) is 6.36. The highest BCUT2D eigenvalue weighted by atomic mass is 16.5. The molecule has 1 atom stereocenters. The van der Waals surface area contributed by atoms with Gasteiger partial charge in [0.15, 0.2) is 0 Å². The van der Waals surface area contributed by atoms with Crippen LogP contribution >= 0.6 is 0 Å². The summed E-state index contributed by atoms with van der Waals surface area (Å²) in [5.41, 5.74) is 7.67. The van der Waals surface area contributed by atoms with E-state index in [0.29, 0.717) is 37.0 Å². The van der Waals surface area contributed by atoms with Crippen LogP contribution in [0.25, 0.3) is 0 Å². The molecule has 2 fully saturated rings. The summed E-state index contributed by atoms with van der Waals surface area (Å²) in [7, 11) is 0. The van der Waals surface area contributed by atoms with Crippen molar-refractivity contribution in [2.24, 2.45) is 0 Å². The summed E-state index contributed by atoms with van der Waals surface area (Å²) in [5.74, 6) is 0.575. The second-order valence-electron chi connectivity index (χ2n) is 8.62. The van der Waals surface area contributed by atoms with E-state index in [0.717, 1.165) is 24.4 Å². The Labute approximate surface area is 189 Å². The van der Waals surface area contributed by atoms with E-state index < -0.39 is 0 Å². The number of nitrogens with two attached hydrogens (primary N) is 1. The van der Waals surface area contributed by atoms with Crippen LogP contribution in [0.15, 0.2) is 48.5 Å². The lowest BCUT2D eigenvalue weighted by Gasteiger charge is -2.34. The number of benzene rings is 2. The number of carbonyl (C=O) groups is 2. The van der Waals surface area contributed by atoms with Gasteiger partial charge < -0.3 is 25.2 Å². The smallest absolute Gasteiger partial charge is 0.254 e. The molecule has 32 heavy (non-hydrogen) atoms. The highest BCUT2D eigenvalue weighted by molar-refractivity contribution is 6.01. The van der Waals surface area contributed by atoms with Gasteiger partial charge in [-0.15, -0.1) is 0 Å². The Morgan fingerprint density at radius 2 is 1.81 bits per heavy atom. The van der Waals surface area contributed by atoms with E-state index in [9.17, 15) is 9.59 Å². The predicted molar refractivity (Wildman–Crippen MR) is 126 cm³/mol. The summed E-state index contributed by atoms with van der Waals surface area (Å²) in [6, 6.07) is 15.1. The van der Waals surface area contributed by atoms with Crippen molar-refractivity contribution < 1.29 is 14.3 Å². The molecule has 0 aliphatic carbocycles. The van der Waals surface area contributed by atoms with E-state index in [-0.39, 0.29) is 18.4 Å². The average Bonchev–Trinajstić information content (AvgIpc) is 3.22. The molecule has 0 aromatic heterocycles. The quantitative estimate of drug-likeness (QED) is 0.533. The molecule has 2 heterocycles. The van der Waals surface area contributed by atoms with Crippen molar-refractivity contribution in [3.05, 3.63) is 54.1 Å². The zero-order valence-corrected chi connectivity index (χ0v) is 18.7. The maximum atomic E-state index is 12.7. The first kappa shape index (κ1) is 22.1. The van der Waals surface area contributed by atoms with Gasteiger partial charge in [-0.1, -0.05) is 0 Å². The van der Waals surface area contributed by atoms with Crippen LogP contribution in [-0.4, -0.2) is 67.0 Å². The molecule has 2 aliphatic rings. The van der Waals surface area contributed by atoms with Crippen LogP contribution in [0.4, 0.5) is 11.4 Å². The van der Waals surface area contributed by atoms with E-state index in [4.69, 9.17) is 10.5 Å².